The van der Waals surface area contributed by atoms with E-state index in [9.17, 15) is 4.21 Å². The topological polar surface area (TPSA) is 80.7 Å². The van der Waals surface area contributed by atoms with Crippen molar-refractivity contribution in [1.82, 2.24) is 19.9 Å². The molecule has 0 aliphatic carbocycles. The molecule has 3 rings (SSSR count). The summed E-state index contributed by atoms with van der Waals surface area (Å²) in [7, 11) is -1.22. The molecule has 74 valence electrons. The Balaban J connectivity index is 2.31. The predicted octanol–water partition coefficient (Wildman–Crippen LogP) is 0.480. The Labute approximate surface area is 87.1 Å². The number of aromatic nitrogens is 4. The number of nitrogens with one attached hydrogen (secondary N) is 1. The Morgan fingerprint density at radius 2 is 2.27 bits per heavy atom. The first-order valence-corrected chi connectivity index (χ1v) is 5.37. The smallest absolute Gasteiger partial charge is 0.182 e. The van der Waals surface area contributed by atoms with Crippen molar-refractivity contribution >= 4 is 34.0 Å². The van der Waals surface area contributed by atoms with E-state index in [1.54, 1.807) is 12.3 Å². The largest absolute Gasteiger partial charge is 0.284 e. The Kier molecular flexibility index (Phi) is 1.72. The van der Waals surface area contributed by atoms with Crippen LogP contribution in [0.15, 0.2) is 17.9 Å². The molecule has 2 aromatic heterocycles. The predicted molar refractivity (Wildman–Crippen MR) is 55.9 cm³/mol. The molecule has 0 bridgehead atoms. The average Bonchev–Trinajstić information content (AvgIpc) is 2.26. The number of rotatable bonds is 0. The average molecular weight is 219 g/mol. The summed E-state index contributed by atoms with van der Waals surface area (Å²) in [5.41, 5.74) is 1.75. The molecule has 0 amide bonds. The van der Waals surface area contributed by atoms with Crippen LogP contribution in [-0.4, -0.2) is 24.1 Å². The van der Waals surface area contributed by atoms with Gasteiger partial charge in [0.05, 0.1) is 6.20 Å². The molecule has 1 unspecified atom stereocenters. The second kappa shape index (κ2) is 3.06. The fourth-order valence-corrected chi connectivity index (χ4v) is 1.93. The minimum absolute atomic E-state index is 0.498. The molecule has 1 aliphatic heterocycles. The summed E-state index contributed by atoms with van der Waals surface area (Å²) >= 11 is 0. The summed E-state index contributed by atoms with van der Waals surface area (Å²) in [5, 5.41) is 1.52. The van der Waals surface area contributed by atoms with Gasteiger partial charge in [-0.25, -0.2) is 24.1 Å². The first kappa shape index (κ1) is 8.42. The maximum Gasteiger partial charge on any atom is 0.182 e. The van der Waals surface area contributed by atoms with Crippen molar-refractivity contribution < 1.29 is 4.21 Å². The second-order valence-corrected chi connectivity index (χ2v) is 3.96. The van der Waals surface area contributed by atoms with E-state index < -0.39 is 11.0 Å². The van der Waals surface area contributed by atoms with Gasteiger partial charge in [-0.15, -0.1) is 0 Å². The SMILES string of the molecule is O=S1C=Cc2nc3ncncc3nc2N1. The monoisotopic (exact) mass is 219 g/mol. The maximum absolute atomic E-state index is 11.2. The van der Waals surface area contributed by atoms with Gasteiger partial charge < -0.3 is 0 Å². The van der Waals surface area contributed by atoms with Crippen LogP contribution in [0.3, 0.4) is 0 Å². The van der Waals surface area contributed by atoms with Gasteiger partial charge in [-0.05, 0) is 6.08 Å². The van der Waals surface area contributed by atoms with Crippen LogP contribution in [0.4, 0.5) is 5.82 Å². The lowest BCUT2D eigenvalue weighted by Gasteiger charge is -2.10. The van der Waals surface area contributed by atoms with Crippen molar-refractivity contribution in [3.63, 3.8) is 0 Å². The zero-order chi connectivity index (χ0) is 10.3. The zero-order valence-corrected chi connectivity index (χ0v) is 8.23. The first-order chi connectivity index (χ1) is 7.33. The van der Waals surface area contributed by atoms with Crippen LogP contribution >= 0.6 is 0 Å². The van der Waals surface area contributed by atoms with E-state index in [4.69, 9.17) is 0 Å². The Hall–Kier alpha value is -1.89. The van der Waals surface area contributed by atoms with Gasteiger partial charge in [0, 0.05) is 5.41 Å². The van der Waals surface area contributed by atoms with E-state index in [-0.39, 0.29) is 0 Å². The highest BCUT2D eigenvalue weighted by Crippen LogP contribution is 2.20. The molecule has 0 saturated heterocycles. The fraction of sp³-hybridized carbons (Fsp3) is 0. The molecule has 2 aromatic rings. The number of hydrogen-bond acceptors (Lipinski definition) is 5. The minimum atomic E-state index is -1.22. The lowest BCUT2D eigenvalue weighted by molar-refractivity contribution is 0.691. The van der Waals surface area contributed by atoms with Crippen LogP contribution in [0.25, 0.3) is 17.2 Å². The molecule has 15 heavy (non-hydrogen) atoms. The quantitative estimate of drug-likeness (QED) is 0.697. The summed E-state index contributed by atoms with van der Waals surface area (Å²) < 4.78 is 13.9. The molecule has 7 heteroatoms. The molecule has 0 saturated carbocycles. The van der Waals surface area contributed by atoms with Crippen LogP contribution < -0.4 is 4.72 Å². The van der Waals surface area contributed by atoms with Crippen LogP contribution in [-0.2, 0) is 11.0 Å². The molecule has 0 fully saturated rings. The van der Waals surface area contributed by atoms with E-state index in [1.165, 1.54) is 11.7 Å². The highest BCUT2D eigenvalue weighted by Gasteiger charge is 2.12. The maximum atomic E-state index is 11.2. The van der Waals surface area contributed by atoms with Gasteiger partial charge in [0.15, 0.2) is 11.5 Å². The van der Waals surface area contributed by atoms with E-state index in [2.05, 4.69) is 24.7 Å². The molecule has 3 heterocycles. The molecule has 6 nitrogen and oxygen atoms in total. The van der Waals surface area contributed by atoms with Crippen LogP contribution in [0.5, 0.6) is 0 Å². The summed E-state index contributed by atoms with van der Waals surface area (Å²) in [6.07, 6.45) is 4.65. The van der Waals surface area contributed by atoms with Crippen molar-refractivity contribution in [2.24, 2.45) is 0 Å². The lowest BCUT2D eigenvalue weighted by Crippen LogP contribution is -2.10. The summed E-state index contributed by atoms with van der Waals surface area (Å²) in [5.74, 6) is 0.498. The molecule has 1 aliphatic rings. The number of anilines is 1. The van der Waals surface area contributed by atoms with Crippen LogP contribution in [0, 0.1) is 0 Å². The van der Waals surface area contributed by atoms with E-state index >= 15 is 0 Å². The molecular formula is C8H5N5OS. The highest BCUT2D eigenvalue weighted by molar-refractivity contribution is 7.89. The zero-order valence-electron chi connectivity index (χ0n) is 7.41. The standard InChI is InChI=1S/C8H5N5OS/c14-15-2-1-5-8(13-15)12-6-3-9-4-10-7(6)11-5/h1-4H,(H,12,13). The van der Waals surface area contributed by atoms with Crippen molar-refractivity contribution in [3.8, 4) is 0 Å². The van der Waals surface area contributed by atoms with Crippen molar-refractivity contribution in [3.05, 3.63) is 23.6 Å². The van der Waals surface area contributed by atoms with Gasteiger partial charge in [0.2, 0.25) is 0 Å². The number of fused-ring (bicyclic) bond motifs is 2. The third-order valence-corrected chi connectivity index (χ3v) is 2.70. The fourth-order valence-electron chi connectivity index (χ4n) is 1.27. The molecule has 0 spiro atoms. The highest BCUT2D eigenvalue weighted by atomic mass is 32.2. The second-order valence-electron chi connectivity index (χ2n) is 2.89. The van der Waals surface area contributed by atoms with E-state index in [0.717, 1.165) is 0 Å². The van der Waals surface area contributed by atoms with E-state index in [0.29, 0.717) is 22.7 Å². The van der Waals surface area contributed by atoms with Crippen molar-refractivity contribution in [2.45, 2.75) is 0 Å². The van der Waals surface area contributed by atoms with E-state index in [1.807, 2.05) is 0 Å². The van der Waals surface area contributed by atoms with Gasteiger partial charge in [-0.2, -0.15) is 0 Å². The summed E-state index contributed by atoms with van der Waals surface area (Å²) in [6, 6.07) is 0. The molecule has 0 aromatic carbocycles. The first-order valence-electron chi connectivity index (χ1n) is 4.16. The lowest BCUT2D eigenvalue weighted by atomic mass is 10.4. The molecule has 0 radical (unpaired) electrons. The summed E-state index contributed by atoms with van der Waals surface area (Å²) in [6.45, 7) is 0. The Morgan fingerprint density at radius 3 is 3.20 bits per heavy atom. The van der Waals surface area contributed by atoms with Crippen LogP contribution in [0.1, 0.15) is 5.69 Å². The Bertz CT molecular complexity index is 597. The molecule has 1 atom stereocenters. The third kappa shape index (κ3) is 1.37. The van der Waals surface area contributed by atoms with Gasteiger partial charge in [-0.1, -0.05) is 0 Å². The van der Waals surface area contributed by atoms with Gasteiger partial charge in [0.1, 0.15) is 28.5 Å². The van der Waals surface area contributed by atoms with Crippen LogP contribution in [0.2, 0.25) is 0 Å². The molecule has 1 N–H and O–H groups in total. The summed E-state index contributed by atoms with van der Waals surface area (Å²) in [4.78, 5) is 16.3. The third-order valence-electron chi connectivity index (χ3n) is 1.92. The number of nitrogens with zero attached hydrogens (tertiary/aromatic N) is 4. The Morgan fingerprint density at radius 1 is 1.33 bits per heavy atom. The van der Waals surface area contributed by atoms with Gasteiger partial charge >= 0.3 is 0 Å². The minimum Gasteiger partial charge on any atom is -0.284 e. The number of hydrogen-bond donors (Lipinski definition) is 1. The van der Waals surface area contributed by atoms with Crippen molar-refractivity contribution in [1.29, 1.82) is 0 Å². The van der Waals surface area contributed by atoms with Gasteiger partial charge in [0.25, 0.3) is 0 Å². The molecular weight excluding hydrogens is 214 g/mol. The van der Waals surface area contributed by atoms with Gasteiger partial charge in [-0.3, -0.25) is 4.72 Å². The van der Waals surface area contributed by atoms with Crippen molar-refractivity contribution in [2.75, 3.05) is 4.72 Å². The normalized spacial score (nSPS) is 18.5.